The number of benzene rings is 1. The maximum absolute atomic E-state index is 6.05. The van der Waals surface area contributed by atoms with E-state index in [-0.39, 0.29) is 5.54 Å². The summed E-state index contributed by atoms with van der Waals surface area (Å²) in [7, 11) is 0. The van der Waals surface area contributed by atoms with E-state index in [4.69, 9.17) is 15.5 Å². The van der Waals surface area contributed by atoms with Crippen LogP contribution in [-0.2, 0) is 5.54 Å². The van der Waals surface area contributed by atoms with E-state index < -0.39 is 0 Å². The number of aromatic nitrogens is 1. The molecule has 0 fully saturated rings. The molecule has 2 aromatic rings. The highest BCUT2D eigenvalue weighted by Gasteiger charge is 2.42. The predicted molar refractivity (Wildman–Crippen MR) is 97.3 cm³/mol. The van der Waals surface area contributed by atoms with Crippen molar-refractivity contribution in [3.63, 3.8) is 0 Å². The molecule has 2 unspecified atom stereocenters. The molecule has 1 aromatic heterocycles. The average molecular weight is 345 g/mol. The first-order valence-electron chi connectivity index (χ1n) is 7.74. The Labute approximate surface area is 144 Å². The second kappa shape index (κ2) is 5.53. The summed E-state index contributed by atoms with van der Waals surface area (Å²) in [4.78, 5) is 10.4. The minimum absolute atomic E-state index is 0.309. The molecule has 0 radical (unpaired) electrons. The highest BCUT2D eigenvalue weighted by atomic mass is 32.2. The Bertz CT molecular complexity index is 786. The van der Waals surface area contributed by atoms with Gasteiger partial charge in [0.1, 0.15) is 5.75 Å². The van der Waals surface area contributed by atoms with Crippen LogP contribution in [0.15, 0.2) is 29.4 Å². The Morgan fingerprint density at radius 2 is 2.26 bits per heavy atom. The van der Waals surface area contributed by atoms with Crippen LogP contribution in [-0.4, -0.2) is 22.5 Å². The summed E-state index contributed by atoms with van der Waals surface area (Å²) in [6.07, 6.45) is 2.94. The molecule has 2 atom stereocenters. The third-order valence-electron chi connectivity index (χ3n) is 4.72. The molecule has 2 aliphatic heterocycles. The van der Waals surface area contributed by atoms with Gasteiger partial charge in [0, 0.05) is 23.4 Å². The van der Waals surface area contributed by atoms with Crippen molar-refractivity contribution in [2.24, 2.45) is 16.6 Å². The van der Waals surface area contributed by atoms with Crippen LogP contribution in [0.2, 0.25) is 0 Å². The van der Waals surface area contributed by atoms with Crippen molar-refractivity contribution in [1.82, 2.24) is 4.98 Å². The van der Waals surface area contributed by atoms with Gasteiger partial charge in [-0.15, -0.1) is 11.3 Å². The minimum Gasteiger partial charge on any atom is -0.493 e. The Morgan fingerprint density at radius 1 is 1.39 bits per heavy atom. The summed E-state index contributed by atoms with van der Waals surface area (Å²) < 4.78 is 6.01. The van der Waals surface area contributed by atoms with Gasteiger partial charge in [-0.05, 0) is 44.0 Å². The van der Waals surface area contributed by atoms with Crippen LogP contribution in [0.25, 0.3) is 10.4 Å². The van der Waals surface area contributed by atoms with E-state index in [1.807, 2.05) is 13.1 Å². The van der Waals surface area contributed by atoms with Crippen LogP contribution in [0.3, 0.4) is 0 Å². The molecule has 120 valence electrons. The fraction of sp³-hybridized carbons (Fsp3) is 0.412. The lowest BCUT2D eigenvalue weighted by atomic mass is 9.79. The molecule has 0 bridgehead atoms. The topological polar surface area (TPSA) is 60.5 Å². The Hall–Kier alpha value is -1.53. The molecule has 0 spiro atoms. The zero-order valence-electron chi connectivity index (χ0n) is 13.2. The zero-order chi connectivity index (χ0) is 16.0. The highest BCUT2D eigenvalue weighted by molar-refractivity contribution is 8.13. The standard InChI is InChI=1S/C17H19N3OS2/c1-10-19-8-15(23-10)11-3-4-14-13(7-11)17(2)12(5-6-21-14)9-22-16(18)20-17/h3-4,7-8,12H,5-6,9H2,1-2H3,(H2,18,20). The second-order valence-corrected chi connectivity index (χ2v) is 8.47. The number of aliphatic imine (C=N–C) groups is 1. The number of thiazole rings is 1. The molecule has 6 heteroatoms. The summed E-state index contributed by atoms with van der Waals surface area (Å²) in [5, 5.41) is 1.75. The van der Waals surface area contributed by atoms with Gasteiger partial charge >= 0.3 is 0 Å². The van der Waals surface area contributed by atoms with E-state index >= 15 is 0 Å². The van der Waals surface area contributed by atoms with E-state index in [0.717, 1.165) is 35.1 Å². The van der Waals surface area contributed by atoms with E-state index in [0.29, 0.717) is 11.1 Å². The van der Waals surface area contributed by atoms with Gasteiger partial charge in [0.05, 0.1) is 22.0 Å². The molecule has 4 nitrogen and oxygen atoms in total. The summed E-state index contributed by atoms with van der Waals surface area (Å²) in [5.74, 6) is 2.38. The Balaban J connectivity index is 1.88. The summed E-state index contributed by atoms with van der Waals surface area (Å²) in [5.41, 5.74) is 8.06. The summed E-state index contributed by atoms with van der Waals surface area (Å²) in [6.45, 7) is 4.96. The predicted octanol–water partition coefficient (Wildman–Crippen LogP) is 3.79. The van der Waals surface area contributed by atoms with E-state index in [2.05, 4.69) is 30.1 Å². The van der Waals surface area contributed by atoms with Gasteiger partial charge in [-0.3, -0.25) is 4.99 Å². The Morgan fingerprint density at radius 3 is 3.04 bits per heavy atom. The SMILES string of the molecule is Cc1ncc(-c2ccc3c(c2)C2(C)N=C(N)SCC2CCO3)s1. The number of amidine groups is 1. The van der Waals surface area contributed by atoms with Gasteiger partial charge in [0.25, 0.3) is 0 Å². The minimum atomic E-state index is -0.309. The normalized spacial score (nSPS) is 26.5. The summed E-state index contributed by atoms with van der Waals surface area (Å²) >= 11 is 3.36. The Kier molecular flexibility index (Phi) is 3.61. The van der Waals surface area contributed by atoms with E-state index in [9.17, 15) is 0 Å². The third kappa shape index (κ3) is 2.54. The fourth-order valence-electron chi connectivity index (χ4n) is 3.36. The number of fused-ring (bicyclic) bond motifs is 3. The lowest BCUT2D eigenvalue weighted by molar-refractivity contribution is 0.271. The smallest absolute Gasteiger partial charge is 0.154 e. The molecule has 2 N–H and O–H groups in total. The number of thioether (sulfide) groups is 1. The maximum Gasteiger partial charge on any atom is 0.154 e. The molecule has 0 aliphatic carbocycles. The lowest BCUT2D eigenvalue weighted by Gasteiger charge is -2.36. The van der Waals surface area contributed by atoms with Gasteiger partial charge in [-0.25, -0.2) is 4.98 Å². The highest BCUT2D eigenvalue weighted by Crippen LogP contribution is 2.47. The number of aryl methyl sites for hydroxylation is 1. The number of hydrogen-bond donors (Lipinski definition) is 1. The third-order valence-corrected chi connectivity index (χ3v) is 6.64. The van der Waals surface area contributed by atoms with Crippen molar-refractivity contribution in [3.05, 3.63) is 35.0 Å². The number of hydrogen-bond acceptors (Lipinski definition) is 6. The van der Waals surface area contributed by atoms with Gasteiger partial charge in [-0.2, -0.15) is 0 Å². The quantitative estimate of drug-likeness (QED) is 0.854. The van der Waals surface area contributed by atoms with Crippen LogP contribution in [0.1, 0.15) is 23.9 Å². The van der Waals surface area contributed by atoms with Crippen LogP contribution < -0.4 is 10.5 Å². The molecule has 0 amide bonds. The van der Waals surface area contributed by atoms with Crippen molar-refractivity contribution in [2.45, 2.75) is 25.8 Å². The van der Waals surface area contributed by atoms with E-state index in [1.165, 1.54) is 10.4 Å². The molecule has 0 saturated heterocycles. The van der Waals surface area contributed by atoms with Crippen molar-refractivity contribution in [3.8, 4) is 16.2 Å². The molecular weight excluding hydrogens is 326 g/mol. The fourth-order valence-corrected chi connectivity index (χ4v) is 5.25. The molecule has 2 aliphatic rings. The average Bonchev–Trinajstić information content (AvgIpc) is 2.90. The van der Waals surface area contributed by atoms with Crippen molar-refractivity contribution >= 4 is 28.3 Å². The first-order valence-corrected chi connectivity index (χ1v) is 9.55. The number of ether oxygens (including phenoxy) is 1. The number of rotatable bonds is 1. The van der Waals surface area contributed by atoms with Crippen molar-refractivity contribution in [2.75, 3.05) is 12.4 Å². The van der Waals surface area contributed by atoms with Gasteiger partial charge in [0.15, 0.2) is 5.17 Å². The first-order chi connectivity index (χ1) is 11.1. The van der Waals surface area contributed by atoms with Crippen LogP contribution >= 0.6 is 23.1 Å². The van der Waals surface area contributed by atoms with Gasteiger partial charge < -0.3 is 10.5 Å². The molecular formula is C17H19N3OS2. The second-order valence-electron chi connectivity index (χ2n) is 6.20. The molecule has 1 aromatic carbocycles. The maximum atomic E-state index is 6.05. The zero-order valence-corrected chi connectivity index (χ0v) is 14.8. The number of nitrogens with zero attached hydrogens (tertiary/aromatic N) is 2. The lowest BCUT2D eigenvalue weighted by Crippen LogP contribution is -2.37. The molecule has 3 heterocycles. The summed E-state index contributed by atoms with van der Waals surface area (Å²) in [6, 6.07) is 6.40. The van der Waals surface area contributed by atoms with Crippen LogP contribution in [0.5, 0.6) is 5.75 Å². The first kappa shape index (κ1) is 15.0. The van der Waals surface area contributed by atoms with Crippen LogP contribution in [0, 0.1) is 12.8 Å². The van der Waals surface area contributed by atoms with Crippen LogP contribution in [0.4, 0.5) is 0 Å². The van der Waals surface area contributed by atoms with Crippen molar-refractivity contribution < 1.29 is 4.74 Å². The molecule has 4 rings (SSSR count). The monoisotopic (exact) mass is 345 g/mol. The largest absolute Gasteiger partial charge is 0.493 e. The molecule has 0 saturated carbocycles. The van der Waals surface area contributed by atoms with Gasteiger partial charge in [-0.1, -0.05) is 11.8 Å². The van der Waals surface area contributed by atoms with Crippen molar-refractivity contribution in [1.29, 1.82) is 0 Å². The van der Waals surface area contributed by atoms with E-state index in [1.54, 1.807) is 23.1 Å². The van der Waals surface area contributed by atoms with Gasteiger partial charge in [0.2, 0.25) is 0 Å². The number of nitrogens with two attached hydrogens (primary N) is 1. The molecule has 23 heavy (non-hydrogen) atoms.